The van der Waals surface area contributed by atoms with Gasteiger partial charge in [-0.15, -0.1) is 0 Å². The molecule has 0 spiro atoms. The Morgan fingerprint density at radius 3 is 2.71 bits per heavy atom. The molecule has 1 fully saturated rings. The van der Waals surface area contributed by atoms with Crippen LogP contribution in [0.4, 0.5) is 5.69 Å². The van der Waals surface area contributed by atoms with Crippen molar-refractivity contribution in [1.29, 1.82) is 0 Å². The summed E-state index contributed by atoms with van der Waals surface area (Å²) in [4.78, 5) is 14.7. The summed E-state index contributed by atoms with van der Waals surface area (Å²) < 4.78 is 5.66. The van der Waals surface area contributed by atoms with Gasteiger partial charge in [-0.2, -0.15) is 0 Å². The first kappa shape index (κ1) is 15.8. The van der Waals surface area contributed by atoms with Crippen LogP contribution < -0.4 is 11.1 Å². The Hall–Kier alpha value is -1.59. The number of hydrogen-bond acceptors (Lipinski definition) is 4. The van der Waals surface area contributed by atoms with Crippen molar-refractivity contribution in [3.8, 4) is 0 Å². The zero-order valence-corrected chi connectivity index (χ0v) is 13.1. The van der Waals surface area contributed by atoms with Crippen LogP contribution in [0.15, 0.2) is 24.3 Å². The van der Waals surface area contributed by atoms with E-state index in [1.54, 1.807) is 0 Å². The predicted molar refractivity (Wildman–Crippen MR) is 84.1 cm³/mol. The number of ether oxygens (including phenoxy) is 1. The molecule has 5 nitrogen and oxygen atoms in total. The quantitative estimate of drug-likeness (QED) is 0.812. The second-order valence-corrected chi connectivity index (χ2v) is 6.21. The van der Waals surface area contributed by atoms with Crippen molar-refractivity contribution in [3.63, 3.8) is 0 Å². The molecule has 2 rings (SSSR count). The molecule has 1 saturated heterocycles. The summed E-state index contributed by atoms with van der Waals surface area (Å²) in [5.41, 5.74) is 6.76. The fourth-order valence-corrected chi connectivity index (χ4v) is 2.45. The van der Waals surface area contributed by atoms with Gasteiger partial charge >= 0.3 is 0 Å². The summed E-state index contributed by atoms with van der Waals surface area (Å²) in [6.45, 7) is 6.90. The molecule has 0 saturated carbocycles. The molecule has 1 aromatic carbocycles. The van der Waals surface area contributed by atoms with E-state index >= 15 is 0 Å². The normalized spacial score (nSPS) is 20.2. The van der Waals surface area contributed by atoms with E-state index in [2.05, 4.69) is 17.3 Å². The summed E-state index contributed by atoms with van der Waals surface area (Å²) in [5.74, 6) is 0.00379. The van der Waals surface area contributed by atoms with Gasteiger partial charge < -0.3 is 20.7 Å². The van der Waals surface area contributed by atoms with Gasteiger partial charge in [0.15, 0.2) is 0 Å². The van der Waals surface area contributed by atoms with Crippen molar-refractivity contribution in [2.45, 2.75) is 25.4 Å². The molecule has 5 heteroatoms. The summed E-state index contributed by atoms with van der Waals surface area (Å²) >= 11 is 0. The summed E-state index contributed by atoms with van der Waals surface area (Å²) in [5, 5.41) is 3.00. The number of carbonyl (C=O) groups excluding carboxylic acids is 1. The number of nitrogen functional groups attached to an aromatic ring is 1. The third-order valence-electron chi connectivity index (χ3n) is 4.03. The lowest BCUT2D eigenvalue weighted by molar-refractivity contribution is -0.126. The van der Waals surface area contributed by atoms with E-state index in [4.69, 9.17) is 10.5 Å². The molecule has 21 heavy (non-hydrogen) atoms. The molecule has 0 aromatic heterocycles. The Morgan fingerprint density at radius 1 is 1.43 bits per heavy atom. The molecule has 1 aromatic rings. The summed E-state index contributed by atoms with van der Waals surface area (Å²) in [7, 11) is 2.07. The first-order valence-electron chi connectivity index (χ1n) is 7.34. The summed E-state index contributed by atoms with van der Waals surface area (Å²) in [6.07, 6.45) is 0.0647. The lowest BCUT2D eigenvalue weighted by Gasteiger charge is -2.31. The third-order valence-corrected chi connectivity index (χ3v) is 4.03. The molecule has 0 radical (unpaired) electrons. The number of amides is 1. The molecule has 1 aliphatic heterocycles. The van der Waals surface area contributed by atoms with Crippen molar-refractivity contribution in [2.75, 3.05) is 39.0 Å². The number of likely N-dealkylation sites (N-methyl/N-ethyl adjacent to an activating group) is 1. The number of nitrogens with zero attached hydrogens (tertiary/aromatic N) is 1. The minimum absolute atomic E-state index is 0.00379. The van der Waals surface area contributed by atoms with Gasteiger partial charge in [-0.25, -0.2) is 0 Å². The zero-order chi connectivity index (χ0) is 15.5. The number of carbonyl (C=O) groups is 1. The minimum atomic E-state index is -0.589. The second-order valence-electron chi connectivity index (χ2n) is 6.21. The van der Waals surface area contributed by atoms with Crippen LogP contribution in [0.5, 0.6) is 0 Å². The van der Waals surface area contributed by atoms with Crippen LogP contribution >= 0.6 is 0 Å². The van der Waals surface area contributed by atoms with E-state index in [1.807, 2.05) is 38.1 Å². The SMILES string of the molecule is CN1CCOC(CNC(=O)C(C)(C)c2ccc(N)cc2)C1. The molecule has 1 atom stereocenters. The lowest BCUT2D eigenvalue weighted by Crippen LogP contribution is -2.49. The van der Waals surface area contributed by atoms with Crippen molar-refractivity contribution >= 4 is 11.6 Å². The van der Waals surface area contributed by atoms with Crippen molar-refractivity contribution in [2.24, 2.45) is 0 Å². The Kier molecular flexibility index (Phi) is 4.85. The molecule has 1 amide bonds. The fourth-order valence-electron chi connectivity index (χ4n) is 2.45. The van der Waals surface area contributed by atoms with Crippen molar-refractivity contribution in [1.82, 2.24) is 10.2 Å². The van der Waals surface area contributed by atoms with Gasteiger partial charge in [0.1, 0.15) is 0 Å². The van der Waals surface area contributed by atoms with E-state index < -0.39 is 5.41 Å². The Labute approximate surface area is 126 Å². The Balaban J connectivity index is 1.93. The Bertz CT molecular complexity index is 485. The van der Waals surface area contributed by atoms with Crippen molar-refractivity contribution < 1.29 is 9.53 Å². The maximum atomic E-state index is 12.5. The predicted octanol–water partition coefficient (Wildman–Crippen LogP) is 0.993. The minimum Gasteiger partial charge on any atom is -0.399 e. The van der Waals surface area contributed by atoms with Crippen LogP contribution in [-0.4, -0.2) is 50.2 Å². The molecule has 1 unspecified atom stereocenters. The number of anilines is 1. The highest BCUT2D eigenvalue weighted by Gasteiger charge is 2.30. The molecule has 116 valence electrons. The average Bonchev–Trinajstić information content (AvgIpc) is 2.45. The van der Waals surface area contributed by atoms with Gasteiger partial charge in [-0.3, -0.25) is 4.79 Å². The largest absolute Gasteiger partial charge is 0.399 e. The van der Waals surface area contributed by atoms with E-state index in [1.165, 1.54) is 0 Å². The van der Waals surface area contributed by atoms with E-state index in [9.17, 15) is 4.79 Å². The molecule has 1 heterocycles. The smallest absolute Gasteiger partial charge is 0.230 e. The van der Waals surface area contributed by atoms with Gasteiger partial charge in [-0.1, -0.05) is 12.1 Å². The highest BCUT2D eigenvalue weighted by atomic mass is 16.5. The van der Waals surface area contributed by atoms with E-state index in [0.29, 0.717) is 12.2 Å². The number of nitrogens with one attached hydrogen (secondary N) is 1. The number of benzene rings is 1. The van der Waals surface area contributed by atoms with Gasteiger partial charge in [-0.05, 0) is 38.6 Å². The standard InChI is InChI=1S/C16H25N3O2/c1-16(2,12-4-6-13(17)7-5-12)15(20)18-10-14-11-19(3)8-9-21-14/h4-7,14H,8-11,17H2,1-3H3,(H,18,20). The van der Waals surface area contributed by atoms with Gasteiger partial charge in [0.2, 0.25) is 5.91 Å². The molecule has 0 aliphatic carbocycles. The van der Waals surface area contributed by atoms with Crippen LogP contribution in [0.2, 0.25) is 0 Å². The number of morpholine rings is 1. The topological polar surface area (TPSA) is 67.6 Å². The molecular formula is C16H25N3O2. The first-order valence-corrected chi connectivity index (χ1v) is 7.34. The maximum absolute atomic E-state index is 12.5. The monoisotopic (exact) mass is 291 g/mol. The van der Waals surface area contributed by atoms with Gasteiger partial charge in [0.25, 0.3) is 0 Å². The van der Waals surface area contributed by atoms with Crippen LogP contribution in [0.1, 0.15) is 19.4 Å². The zero-order valence-electron chi connectivity index (χ0n) is 13.1. The second kappa shape index (κ2) is 6.45. The lowest BCUT2D eigenvalue weighted by atomic mass is 9.83. The Morgan fingerprint density at radius 2 is 2.10 bits per heavy atom. The molecule has 0 bridgehead atoms. The van der Waals surface area contributed by atoms with Gasteiger partial charge in [0, 0.05) is 25.3 Å². The third kappa shape index (κ3) is 3.95. The van der Waals surface area contributed by atoms with Gasteiger partial charge in [0.05, 0.1) is 18.1 Å². The fraction of sp³-hybridized carbons (Fsp3) is 0.562. The molecule has 1 aliphatic rings. The van der Waals surface area contributed by atoms with Crippen molar-refractivity contribution in [3.05, 3.63) is 29.8 Å². The van der Waals surface area contributed by atoms with Crippen LogP contribution in [0, 0.1) is 0 Å². The van der Waals surface area contributed by atoms with Crippen LogP contribution in [0.3, 0.4) is 0 Å². The number of nitrogens with two attached hydrogens (primary N) is 1. The average molecular weight is 291 g/mol. The van der Waals surface area contributed by atoms with E-state index in [-0.39, 0.29) is 12.0 Å². The summed E-state index contributed by atoms with van der Waals surface area (Å²) in [6, 6.07) is 7.45. The maximum Gasteiger partial charge on any atom is 0.230 e. The highest BCUT2D eigenvalue weighted by molar-refractivity contribution is 5.87. The molecular weight excluding hydrogens is 266 g/mol. The van der Waals surface area contributed by atoms with E-state index in [0.717, 1.165) is 25.3 Å². The van der Waals surface area contributed by atoms with Crippen LogP contribution in [0.25, 0.3) is 0 Å². The van der Waals surface area contributed by atoms with Crippen LogP contribution in [-0.2, 0) is 14.9 Å². The first-order chi connectivity index (χ1) is 9.89. The highest BCUT2D eigenvalue weighted by Crippen LogP contribution is 2.24. The number of hydrogen-bond donors (Lipinski definition) is 2. The molecule has 3 N–H and O–H groups in total. The number of rotatable bonds is 4.